The van der Waals surface area contributed by atoms with Crippen molar-refractivity contribution in [3.05, 3.63) is 77.4 Å². The van der Waals surface area contributed by atoms with Gasteiger partial charge in [-0.3, -0.25) is 9.59 Å². The summed E-state index contributed by atoms with van der Waals surface area (Å²) < 4.78 is 5.46. The van der Waals surface area contributed by atoms with Gasteiger partial charge in [0.15, 0.2) is 0 Å². The molecule has 0 saturated heterocycles. The molecular weight excluding hydrogens is 506 g/mol. The predicted octanol–water partition coefficient (Wildman–Crippen LogP) is 5.51. The number of ether oxygens (including phenoxy) is 1. The number of aryl methyl sites for hydroxylation is 2. The third-order valence-electron chi connectivity index (χ3n) is 6.36. The Morgan fingerprint density at radius 1 is 1.07 bits per heavy atom. The average molecular weight is 552 g/mol. The van der Waals surface area contributed by atoms with Crippen molar-refractivity contribution < 1.29 is 24.2 Å². The molecule has 0 fully saturated rings. The van der Waals surface area contributed by atoms with Gasteiger partial charge in [0.05, 0.1) is 0 Å². The van der Waals surface area contributed by atoms with E-state index < -0.39 is 29.7 Å². The first-order valence-electron chi connectivity index (χ1n) is 13.8. The number of phenols is 1. The molecule has 0 aliphatic heterocycles. The minimum Gasteiger partial charge on any atom is -0.508 e. The summed E-state index contributed by atoms with van der Waals surface area (Å²) in [6, 6.07) is 10.1. The van der Waals surface area contributed by atoms with E-state index in [0.717, 1.165) is 29.5 Å². The molecule has 0 aromatic heterocycles. The third kappa shape index (κ3) is 9.74. The standard InChI is InChI=1S/C32H45N3O5/c1-9-11-23(5)33-29(37)28(26-17-12-21(3)19-22(26)4)35(18-10-2)30(38)27(34-31(39)40-32(6,7)8)20-24-13-15-25(36)16-14-24/h10,12-17,19,23,27-28,36H,2,9,11,18,20H2,1,3-8H3,(H,33,37)(H,34,39). The molecule has 8 heteroatoms. The molecule has 0 spiro atoms. The lowest BCUT2D eigenvalue weighted by atomic mass is 9.95. The second kappa shape index (κ2) is 14.5. The molecule has 2 rings (SSSR count). The van der Waals surface area contributed by atoms with Gasteiger partial charge in [-0.15, -0.1) is 6.58 Å². The minimum atomic E-state index is -1.05. The molecule has 3 atom stereocenters. The lowest BCUT2D eigenvalue weighted by Crippen LogP contribution is -2.54. The van der Waals surface area contributed by atoms with E-state index in [9.17, 15) is 19.5 Å². The van der Waals surface area contributed by atoms with Gasteiger partial charge in [-0.05, 0) is 76.8 Å². The maximum absolute atomic E-state index is 14.3. The van der Waals surface area contributed by atoms with E-state index in [4.69, 9.17) is 4.74 Å². The molecule has 0 aliphatic carbocycles. The Hall–Kier alpha value is -3.81. The molecule has 3 N–H and O–H groups in total. The number of rotatable bonds is 12. The fourth-order valence-electron chi connectivity index (χ4n) is 4.59. The van der Waals surface area contributed by atoms with Crippen molar-refractivity contribution in [3.63, 3.8) is 0 Å². The molecule has 0 bridgehead atoms. The first kappa shape index (κ1) is 32.4. The first-order chi connectivity index (χ1) is 18.7. The fraction of sp³-hybridized carbons (Fsp3) is 0.469. The van der Waals surface area contributed by atoms with Crippen LogP contribution < -0.4 is 10.6 Å². The van der Waals surface area contributed by atoms with Crippen LogP contribution in [0.5, 0.6) is 5.75 Å². The smallest absolute Gasteiger partial charge is 0.408 e. The Labute approximate surface area is 238 Å². The van der Waals surface area contributed by atoms with Gasteiger partial charge >= 0.3 is 6.09 Å². The topological polar surface area (TPSA) is 108 Å². The van der Waals surface area contributed by atoms with E-state index in [2.05, 4.69) is 17.2 Å². The van der Waals surface area contributed by atoms with Gasteiger partial charge in [0, 0.05) is 19.0 Å². The van der Waals surface area contributed by atoms with Crippen LogP contribution in [-0.2, 0) is 20.7 Å². The number of carbonyl (C=O) groups is 3. The molecule has 3 amide bonds. The summed E-state index contributed by atoms with van der Waals surface area (Å²) in [5.74, 6) is -0.668. The zero-order valence-corrected chi connectivity index (χ0v) is 24.9. The lowest BCUT2D eigenvalue weighted by molar-refractivity contribution is -0.142. The van der Waals surface area contributed by atoms with Gasteiger partial charge in [0.25, 0.3) is 0 Å². The zero-order chi connectivity index (χ0) is 30.0. The summed E-state index contributed by atoms with van der Waals surface area (Å²) in [7, 11) is 0. The molecule has 0 radical (unpaired) electrons. The van der Waals surface area contributed by atoms with Crippen molar-refractivity contribution in [2.24, 2.45) is 0 Å². The summed E-state index contributed by atoms with van der Waals surface area (Å²) in [5.41, 5.74) is 2.56. The molecular formula is C32H45N3O5. The van der Waals surface area contributed by atoms with E-state index in [0.29, 0.717) is 5.56 Å². The molecule has 8 nitrogen and oxygen atoms in total. The molecule has 0 heterocycles. The average Bonchev–Trinajstić information content (AvgIpc) is 2.84. The number of aromatic hydroxyl groups is 1. The number of hydrogen-bond donors (Lipinski definition) is 3. The highest BCUT2D eigenvalue weighted by Gasteiger charge is 2.37. The van der Waals surface area contributed by atoms with Crippen LogP contribution in [-0.4, -0.2) is 52.1 Å². The van der Waals surface area contributed by atoms with Crippen LogP contribution in [0.25, 0.3) is 0 Å². The van der Waals surface area contributed by atoms with Crippen molar-refractivity contribution >= 4 is 17.9 Å². The molecule has 218 valence electrons. The van der Waals surface area contributed by atoms with Crippen molar-refractivity contribution in [2.75, 3.05) is 6.54 Å². The highest BCUT2D eigenvalue weighted by atomic mass is 16.6. The number of carbonyl (C=O) groups excluding carboxylic acids is 3. The first-order valence-corrected chi connectivity index (χ1v) is 13.8. The van der Waals surface area contributed by atoms with Crippen LogP contribution in [0.3, 0.4) is 0 Å². The van der Waals surface area contributed by atoms with E-state index in [1.54, 1.807) is 39.0 Å². The van der Waals surface area contributed by atoms with Gasteiger partial charge in [-0.2, -0.15) is 0 Å². The Balaban J connectivity index is 2.57. The number of alkyl carbamates (subject to hydrolysis) is 1. The highest BCUT2D eigenvalue weighted by Crippen LogP contribution is 2.27. The summed E-state index contributed by atoms with van der Waals surface area (Å²) in [4.78, 5) is 42.4. The normalized spacial score (nSPS) is 13.5. The number of nitrogens with zero attached hydrogens (tertiary/aromatic N) is 1. The molecule has 2 aromatic rings. The highest BCUT2D eigenvalue weighted by molar-refractivity contribution is 5.92. The molecule has 0 saturated carbocycles. The fourth-order valence-corrected chi connectivity index (χ4v) is 4.59. The maximum Gasteiger partial charge on any atom is 0.408 e. The predicted molar refractivity (Wildman–Crippen MR) is 158 cm³/mol. The molecule has 0 aliphatic rings. The Morgan fingerprint density at radius 2 is 1.73 bits per heavy atom. The van der Waals surface area contributed by atoms with Crippen LogP contribution in [0.1, 0.15) is 75.8 Å². The quantitative estimate of drug-likeness (QED) is 0.302. The number of nitrogens with one attached hydrogen (secondary N) is 2. The summed E-state index contributed by atoms with van der Waals surface area (Å²) in [6.45, 7) is 17.0. The van der Waals surface area contributed by atoms with Crippen LogP contribution in [0.2, 0.25) is 0 Å². The van der Waals surface area contributed by atoms with Gasteiger partial charge in [0.1, 0.15) is 23.4 Å². The number of amides is 3. The van der Waals surface area contributed by atoms with E-state index in [1.165, 1.54) is 17.0 Å². The van der Waals surface area contributed by atoms with Gasteiger partial charge in [-0.25, -0.2) is 4.79 Å². The lowest BCUT2D eigenvalue weighted by Gasteiger charge is -2.35. The van der Waals surface area contributed by atoms with Crippen molar-refractivity contribution in [3.8, 4) is 5.75 Å². The Kier molecular flexibility index (Phi) is 11.8. The van der Waals surface area contributed by atoms with Crippen LogP contribution in [0.4, 0.5) is 4.79 Å². The van der Waals surface area contributed by atoms with Crippen molar-refractivity contribution in [1.29, 1.82) is 0 Å². The molecule has 2 aromatic carbocycles. The van der Waals surface area contributed by atoms with E-state index in [-0.39, 0.29) is 30.7 Å². The van der Waals surface area contributed by atoms with Crippen LogP contribution >= 0.6 is 0 Å². The molecule has 40 heavy (non-hydrogen) atoms. The Morgan fingerprint density at radius 3 is 2.27 bits per heavy atom. The summed E-state index contributed by atoms with van der Waals surface area (Å²) >= 11 is 0. The largest absolute Gasteiger partial charge is 0.508 e. The number of phenolic OH excluding ortho intramolecular Hbond substituents is 1. The van der Waals surface area contributed by atoms with E-state index >= 15 is 0 Å². The summed E-state index contributed by atoms with van der Waals surface area (Å²) in [5, 5.41) is 15.5. The third-order valence-corrected chi connectivity index (χ3v) is 6.36. The van der Waals surface area contributed by atoms with Crippen molar-refractivity contribution in [2.45, 2.75) is 91.5 Å². The van der Waals surface area contributed by atoms with Crippen LogP contribution in [0.15, 0.2) is 55.1 Å². The van der Waals surface area contributed by atoms with E-state index in [1.807, 2.05) is 45.9 Å². The Bertz CT molecular complexity index is 1170. The second-order valence-electron chi connectivity index (χ2n) is 11.3. The SMILES string of the molecule is C=CCN(C(=O)C(Cc1ccc(O)cc1)NC(=O)OC(C)(C)C)C(C(=O)NC(C)CCC)c1ccc(C)cc1C. The van der Waals surface area contributed by atoms with Crippen molar-refractivity contribution in [1.82, 2.24) is 15.5 Å². The monoisotopic (exact) mass is 551 g/mol. The second-order valence-corrected chi connectivity index (χ2v) is 11.3. The number of hydrogen-bond acceptors (Lipinski definition) is 5. The van der Waals surface area contributed by atoms with Gasteiger partial charge in [-0.1, -0.05) is 55.3 Å². The summed E-state index contributed by atoms with van der Waals surface area (Å²) in [6.07, 6.45) is 2.65. The maximum atomic E-state index is 14.3. The minimum absolute atomic E-state index is 0.0778. The molecule has 3 unspecified atom stereocenters. The van der Waals surface area contributed by atoms with Gasteiger partial charge in [0.2, 0.25) is 11.8 Å². The van der Waals surface area contributed by atoms with Gasteiger partial charge < -0.3 is 25.4 Å². The van der Waals surface area contributed by atoms with Crippen LogP contribution in [0, 0.1) is 13.8 Å². The zero-order valence-electron chi connectivity index (χ0n) is 24.9. The number of benzene rings is 2.